The molecule has 0 aliphatic heterocycles. The molecule has 1 N–H and O–H groups in total. The van der Waals surface area contributed by atoms with Gasteiger partial charge in [-0.05, 0) is 37.6 Å². The van der Waals surface area contributed by atoms with E-state index in [1.807, 2.05) is 0 Å². The highest BCUT2D eigenvalue weighted by Crippen LogP contribution is 2.26. The Kier molecular flexibility index (Phi) is 5.05. The Hall–Kier alpha value is -2.34. The minimum atomic E-state index is -1.36. The molecular weight excluding hydrogens is 318 g/mol. The molecule has 23 heavy (non-hydrogen) atoms. The van der Waals surface area contributed by atoms with Gasteiger partial charge in [0.25, 0.3) is 5.91 Å². The van der Waals surface area contributed by atoms with Crippen molar-refractivity contribution in [2.24, 2.45) is 7.05 Å². The third kappa shape index (κ3) is 3.53. The van der Waals surface area contributed by atoms with Crippen molar-refractivity contribution in [3.63, 3.8) is 0 Å². The Bertz CT molecular complexity index is 729. The van der Waals surface area contributed by atoms with Gasteiger partial charge in [0.05, 0.1) is 6.61 Å². The number of aromatic nitrogens is 2. The summed E-state index contributed by atoms with van der Waals surface area (Å²) < 4.78 is 6.56. The van der Waals surface area contributed by atoms with Crippen LogP contribution >= 0.6 is 11.6 Å². The number of rotatable bonds is 5. The Morgan fingerprint density at radius 1 is 1.39 bits per heavy atom. The molecule has 0 saturated heterocycles. The van der Waals surface area contributed by atoms with Gasteiger partial charge in [0.15, 0.2) is 5.54 Å². The van der Waals surface area contributed by atoms with E-state index >= 15 is 0 Å². The molecule has 0 radical (unpaired) electrons. The summed E-state index contributed by atoms with van der Waals surface area (Å²) in [5.74, 6) is -0.988. The second-order valence-corrected chi connectivity index (χ2v) is 5.59. The third-order valence-corrected chi connectivity index (χ3v) is 3.74. The average Bonchev–Trinajstić information content (AvgIpc) is 2.93. The fraction of sp³-hybridized carbons (Fsp3) is 0.312. The van der Waals surface area contributed by atoms with Crippen LogP contribution in [0.2, 0.25) is 5.02 Å². The molecule has 0 fully saturated rings. The lowest BCUT2D eigenvalue weighted by molar-refractivity contribution is -0.150. The van der Waals surface area contributed by atoms with Gasteiger partial charge in [0, 0.05) is 18.3 Å². The minimum Gasteiger partial charge on any atom is -0.464 e. The Morgan fingerprint density at radius 3 is 2.70 bits per heavy atom. The Balaban J connectivity index is 2.40. The molecule has 1 heterocycles. The molecule has 7 heteroatoms. The van der Waals surface area contributed by atoms with Crippen LogP contribution in [0.3, 0.4) is 0 Å². The summed E-state index contributed by atoms with van der Waals surface area (Å²) in [4.78, 5) is 25.0. The number of amides is 1. The third-order valence-electron chi connectivity index (χ3n) is 3.50. The van der Waals surface area contributed by atoms with Gasteiger partial charge >= 0.3 is 5.97 Å². The molecule has 2 rings (SSSR count). The van der Waals surface area contributed by atoms with E-state index in [2.05, 4.69) is 10.4 Å². The number of hydrogen-bond acceptors (Lipinski definition) is 4. The summed E-state index contributed by atoms with van der Waals surface area (Å²) in [7, 11) is 1.65. The quantitative estimate of drug-likeness (QED) is 0.851. The predicted molar refractivity (Wildman–Crippen MR) is 86.1 cm³/mol. The number of ether oxygens (including phenoxy) is 1. The fourth-order valence-corrected chi connectivity index (χ4v) is 2.39. The van der Waals surface area contributed by atoms with E-state index < -0.39 is 17.4 Å². The second kappa shape index (κ2) is 6.83. The van der Waals surface area contributed by atoms with Gasteiger partial charge in [-0.3, -0.25) is 9.48 Å². The summed E-state index contributed by atoms with van der Waals surface area (Å²) in [5, 5.41) is 7.15. The van der Waals surface area contributed by atoms with Crippen molar-refractivity contribution in [2.45, 2.75) is 19.4 Å². The SMILES string of the molecule is CCOC(=O)C(C)(NC(=O)c1ccnn1C)c1cccc(Cl)c1. The van der Waals surface area contributed by atoms with Gasteiger partial charge in [-0.15, -0.1) is 0 Å². The fourth-order valence-electron chi connectivity index (χ4n) is 2.20. The monoisotopic (exact) mass is 335 g/mol. The lowest BCUT2D eigenvalue weighted by atomic mass is 9.91. The topological polar surface area (TPSA) is 73.2 Å². The van der Waals surface area contributed by atoms with Crippen LogP contribution in [0.25, 0.3) is 0 Å². The van der Waals surface area contributed by atoms with Gasteiger partial charge in [-0.2, -0.15) is 5.10 Å². The number of benzene rings is 1. The first-order valence-electron chi connectivity index (χ1n) is 7.12. The zero-order valence-corrected chi connectivity index (χ0v) is 13.9. The number of carbonyl (C=O) groups excluding carboxylic acids is 2. The molecule has 0 aliphatic rings. The summed E-state index contributed by atoms with van der Waals surface area (Å²) in [6.07, 6.45) is 1.51. The van der Waals surface area contributed by atoms with E-state index in [-0.39, 0.29) is 6.61 Å². The molecule has 1 aromatic heterocycles. The predicted octanol–water partition coefficient (Wildman–Crippen LogP) is 2.28. The van der Waals surface area contributed by atoms with E-state index in [0.717, 1.165) is 0 Å². The number of hydrogen-bond donors (Lipinski definition) is 1. The van der Waals surface area contributed by atoms with Crippen LogP contribution in [-0.2, 0) is 22.1 Å². The van der Waals surface area contributed by atoms with Crippen molar-refractivity contribution in [2.75, 3.05) is 6.61 Å². The van der Waals surface area contributed by atoms with E-state index in [1.54, 1.807) is 51.2 Å². The molecule has 0 saturated carbocycles. The van der Waals surface area contributed by atoms with Gasteiger partial charge in [0.1, 0.15) is 5.69 Å². The van der Waals surface area contributed by atoms with Gasteiger partial charge < -0.3 is 10.1 Å². The minimum absolute atomic E-state index is 0.205. The molecular formula is C16H18ClN3O3. The largest absolute Gasteiger partial charge is 0.464 e. The van der Waals surface area contributed by atoms with Crippen molar-refractivity contribution < 1.29 is 14.3 Å². The van der Waals surface area contributed by atoms with Crippen LogP contribution < -0.4 is 5.32 Å². The first-order chi connectivity index (χ1) is 10.9. The Morgan fingerprint density at radius 2 is 2.13 bits per heavy atom. The van der Waals surface area contributed by atoms with Crippen LogP contribution in [0.1, 0.15) is 29.9 Å². The number of carbonyl (C=O) groups is 2. The van der Waals surface area contributed by atoms with Crippen molar-refractivity contribution in [3.05, 3.63) is 52.8 Å². The molecule has 0 spiro atoms. The molecule has 1 atom stereocenters. The van der Waals surface area contributed by atoms with Crippen molar-refractivity contribution in [1.29, 1.82) is 0 Å². The van der Waals surface area contributed by atoms with E-state index in [9.17, 15) is 9.59 Å². The molecule has 6 nitrogen and oxygen atoms in total. The molecule has 0 bridgehead atoms. The lowest BCUT2D eigenvalue weighted by Gasteiger charge is -2.29. The maximum absolute atomic E-state index is 12.5. The first kappa shape index (κ1) is 17.0. The summed E-state index contributed by atoms with van der Waals surface area (Å²) in [6, 6.07) is 8.32. The van der Waals surface area contributed by atoms with Crippen LogP contribution in [-0.4, -0.2) is 28.3 Å². The van der Waals surface area contributed by atoms with Crippen molar-refractivity contribution >= 4 is 23.5 Å². The second-order valence-electron chi connectivity index (χ2n) is 5.15. The highest BCUT2D eigenvalue weighted by Gasteiger charge is 2.39. The lowest BCUT2D eigenvalue weighted by Crippen LogP contribution is -2.50. The Labute approximate surface area is 139 Å². The van der Waals surface area contributed by atoms with E-state index in [1.165, 1.54) is 10.9 Å². The maximum Gasteiger partial charge on any atom is 0.336 e. The first-order valence-corrected chi connectivity index (χ1v) is 7.50. The van der Waals surface area contributed by atoms with Gasteiger partial charge in [-0.25, -0.2) is 4.79 Å². The molecule has 122 valence electrons. The molecule has 0 aliphatic carbocycles. The highest BCUT2D eigenvalue weighted by molar-refractivity contribution is 6.30. The molecule has 1 amide bonds. The summed E-state index contributed by atoms with van der Waals surface area (Å²) in [5.41, 5.74) is -0.482. The van der Waals surface area contributed by atoms with E-state index in [4.69, 9.17) is 16.3 Å². The van der Waals surface area contributed by atoms with Crippen LogP contribution in [0.15, 0.2) is 36.5 Å². The summed E-state index contributed by atoms with van der Waals surface area (Å²) >= 11 is 6.02. The molecule has 2 aromatic rings. The van der Waals surface area contributed by atoms with E-state index in [0.29, 0.717) is 16.3 Å². The zero-order valence-electron chi connectivity index (χ0n) is 13.2. The van der Waals surface area contributed by atoms with Crippen molar-refractivity contribution in [1.82, 2.24) is 15.1 Å². The normalized spacial score (nSPS) is 13.2. The van der Waals surface area contributed by atoms with Crippen molar-refractivity contribution in [3.8, 4) is 0 Å². The maximum atomic E-state index is 12.5. The zero-order chi connectivity index (χ0) is 17.0. The number of aryl methyl sites for hydroxylation is 1. The highest BCUT2D eigenvalue weighted by atomic mass is 35.5. The number of esters is 1. The molecule has 1 unspecified atom stereocenters. The van der Waals surface area contributed by atoms with Gasteiger partial charge in [0.2, 0.25) is 0 Å². The standard InChI is InChI=1S/C16H18ClN3O3/c1-4-23-15(22)16(2,11-6-5-7-12(17)10-11)19-14(21)13-8-9-18-20(13)3/h5-10H,4H2,1-3H3,(H,19,21). The van der Waals surface area contributed by atoms with Crippen LogP contribution in [0, 0.1) is 0 Å². The number of nitrogens with one attached hydrogen (secondary N) is 1. The van der Waals surface area contributed by atoms with Crippen LogP contribution in [0.5, 0.6) is 0 Å². The average molecular weight is 336 g/mol. The van der Waals surface area contributed by atoms with Gasteiger partial charge in [-0.1, -0.05) is 23.7 Å². The smallest absolute Gasteiger partial charge is 0.336 e. The van der Waals surface area contributed by atoms with Crippen LogP contribution in [0.4, 0.5) is 0 Å². The summed E-state index contributed by atoms with van der Waals surface area (Å²) in [6.45, 7) is 3.50. The molecule has 1 aromatic carbocycles. The number of nitrogens with zero attached hydrogens (tertiary/aromatic N) is 2. The number of halogens is 1.